The second kappa shape index (κ2) is 4.99. The van der Waals surface area contributed by atoms with Crippen LogP contribution in [0.2, 0.25) is 0 Å². The van der Waals surface area contributed by atoms with E-state index in [4.69, 9.17) is 0 Å². The molecule has 1 aliphatic carbocycles. The number of rotatable bonds is 3. The lowest BCUT2D eigenvalue weighted by molar-refractivity contribution is 0.603. The molecular formula is C14H18N4O. The monoisotopic (exact) mass is 258 g/mol. The van der Waals surface area contributed by atoms with Crippen LogP contribution >= 0.6 is 0 Å². The smallest absolute Gasteiger partial charge is 0.254 e. The molecule has 0 fully saturated rings. The lowest BCUT2D eigenvalue weighted by Crippen LogP contribution is -2.21. The second-order valence-corrected chi connectivity index (χ2v) is 5.04. The van der Waals surface area contributed by atoms with Crippen molar-refractivity contribution in [2.45, 2.75) is 45.6 Å². The number of aromatic amines is 1. The third kappa shape index (κ3) is 2.32. The molecule has 100 valence electrons. The summed E-state index contributed by atoms with van der Waals surface area (Å²) in [6.07, 6.45) is 8.72. The van der Waals surface area contributed by atoms with E-state index < -0.39 is 0 Å². The molecule has 0 unspecified atom stereocenters. The van der Waals surface area contributed by atoms with Crippen molar-refractivity contribution in [2.75, 3.05) is 0 Å². The first-order valence-electron chi connectivity index (χ1n) is 6.93. The highest BCUT2D eigenvalue weighted by Crippen LogP contribution is 2.19. The van der Waals surface area contributed by atoms with Gasteiger partial charge in [0, 0.05) is 18.3 Å². The predicted octanol–water partition coefficient (Wildman–Crippen LogP) is 1.92. The van der Waals surface area contributed by atoms with Crippen molar-refractivity contribution >= 4 is 0 Å². The Labute approximate surface area is 111 Å². The number of aromatic nitrogens is 4. The molecule has 1 aliphatic rings. The van der Waals surface area contributed by atoms with E-state index in [1.807, 2.05) is 10.9 Å². The Morgan fingerprint density at radius 3 is 3.05 bits per heavy atom. The van der Waals surface area contributed by atoms with E-state index in [0.717, 1.165) is 55.5 Å². The highest BCUT2D eigenvalue weighted by molar-refractivity contribution is 5.52. The molecule has 0 atom stereocenters. The first kappa shape index (κ1) is 12.1. The largest absolute Gasteiger partial charge is 0.306 e. The predicted molar refractivity (Wildman–Crippen MR) is 73.0 cm³/mol. The summed E-state index contributed by atoms with van der Waals surface area (Å²) in [6.45, 7) is 3.00. The van der Waals surface area contributed by atoms with Crippen molar-refractivity contribution in [2.24, 2.45) is 0 Å². The van der Waals surface area contributed by atoms with E-state index in [1.54, 1.807) is 6.20 Å². The Bertz CT molecular complexity index is 641. The van der Waals surface area contributed by atoms with Gasteiger partial charge in [-0.3, -0.25) is 9.48 Å². The van der Waals surface area contributed by atoms with Crippen LogP contribution in [-0.4, -0.2) is 19.7 Å². The quantitative estimate of drug-likeness (QED) is 0.914. The maximum Gasteiger partial charge on any atom is 0.254 e. The molecule has 2 aromatic heterocycles. The van der Waals surface area contributed by atoms with Gasteiger partial charge in [-0.1, -0.05) is 6.92 Å². The van der Waals surface area contributed by atoms with Gasteiger partial charge in [0.1, 0.15) is 5.82 Å². The Morgan fingerprint density at radius 2 is 2.21 bits per heavy atom. The number of hydrogen-bond acceptors (Lipinski definition) is 3. The summed E-state index contributed by atoms with van der Waals surface area (Å²) in [7, 11) is 0. The number of aryl methyl sites for hydroxylation is 2. The zero-order chi connectivity index (χ0) is 13.2. The van der Waals surface area contributed by atoms with E-state index >= 15 is 0 Å². The summed E-state index contributed by atoms with van der Waals surface area (Å²) >= 11 is 0. The topological polar surface area (TPSA) is 63.6 Å². The average Bonchev–Trinajstić information content (AvgIpc) is 2.88. The van der Waals surface area contributed by atoms with E-state index in [2.05, 4.69) is 22.0 Å². The van der Waals surface area contributed by atoms with Crippen LogP contribution in [0, 0.1) is 0 Å². The molecule has 2 aromatic rings. The minimum Gasteiger partial charge on any atom is -0.306 e. The first-order chi connectivity index (χ1) is 9.28. The van der Waals surface area contributed by atoms with Gasteiger partial charge in [0.2, 0.25) is 0 Å². The van der Waals surface area contributed by atoms with Crippen LogP contribution in [0.15, 0.2) is 17.2 Å². The normalized spacial score (nSPS) is 14.4. The molecule has 0 spiro atoms. The Kier molecular flexibility index (Phi) is 3.19. The maximum atomic E-state index is 12.1. The number of fused-ring (bicyclic) bond motifs is 1. The lowest BCUT2D eigenvalue weighted by Gasteiger charge is -2.13. The molecule has 19 heavy (non-hydrogen) atoms. The van der Waals surface area contributed by atoms with Gasteiger partial charge in [0.05, 0.1) is 17.5 Å². The molecule has 0 saturated carbocycles. The van der Waals surface area contributed by atoms with Gasteiger partial charge in [0.15, 0.2) is 0 Å². The molecule has 3 rings (SSSR count). The van der Waals surface area contributed by atoms with Gasteiger partial charge in [-0.2, -0.15) is 5.10 Å². The highest BCUT2D eigenvalue weighted by Gasteiger charge is 2.16. The molecule has 0 amide bonds. The summed E-state index contributed by atoms with van der Waals surface area (Å²) in [5.74, 6) is 0.646. The van der Waals surface area contributed by atoms with Crippen molar-refractivity contribution in [3.8, 4) is 11.4 Å². The molecule has 0 aliphatic heterocycles. The SMILES string of the molecule is CCCn1cc(-c2nc3c(c(=O)[nH]2)CCCC3)cn1. The van der Waals surface area contributed by atoms with Crippen LogP contribution in [0.5, 0.6) is 0 Å². The number of nitrogens with one attached hydrogen (secondary N) is 1. The van der Waals surface area contributed by atoms with Crippen LogP contribution in [-0.2, 0) is 19.4 Å². The zero-order valence-corrected chi connectivity index (χ0v) is 11.1. The zero-order valence-electron chi connectivity index (χ0n) is 11.1. The second-order valence-electron chi connectivity index (χ2n) is 5.04. The van der Waals surface area contributed by atoms with Gasteiger partial charge >= 0.3 is 0 Å². The standard InChI is InChI=1S/C14H18N4O/c1-2-7-18-9-10(8-15-18)13-16-12-6-4-3-5-11(12)14(19)17-13/h8-9H,2-7H2,1H3,(H,16,17,19). The number of H-pyrrole nitrogens is 1. The average molecular weight is 258 g/mol. The third-order valence-corrected chi connectivity index (χ3v) is 3.55. The minimum atomic E-state index is 0.0166. The Morgan fingerprint density at radius 1 is 1.37 bits per heavy atom. The van der Waals surface area contributed by atoms with Gasteiger partial charge < -0.3 is 4.98 Å². The van der Waals surface area contributed by atoms with Gasteiger partial charge in [0.25, 0.3) is 5.56 Å². The van der Waals surface area contributed by atoms with Gasteiger partial charge in [-0.15, -0.1) is 0 Å². The van der Waals surface area contributed by atoms with Crippen molar-refractivity contribution < 1.29 is 0 Å². The fourth-order valence-corrected chi connectivity index (χ4v) is 2.58. The van der Waals surface area contributed by atoms with Crippen LogP contribution in [0.3, 0.4) is 0 Å². The van der Waals surface area contributed by atoms with Crippen molar-refractivity contribution in [1.82, 2.24) is 19.7 Å². The van der Waals surface area contributed by atoms with E-state index in [1.165, 1.54) is 0 Å². The molecule has 5 nitrogen and oxygen atoms in total. The van der Waals surface area contributed by atoms with Gasteiger partial charge in [-0.05, 0) is 32.1 Å². The molecule has 5 heteroatoms. The van der Waals surface area contributed by atoms with Crippen molar-refractivity contribution in [3.05, 3.63) is 34.0 Å². The summed E-state index contributed by atoms with van der Waals surface area (Å²) in [6, 6.07) is 0. The van der Waals surface area contributed by atoms with Crippen LogP contribution in [0.25, 0.3) is 11.4 Å². The Balaban J connectivity index is 2.00. The molecule has 0 saturated heterocycles. The summed E-state index contributed by atoms with van der Waals surface area (Å²) in [4.78, 5) is 19.6. The van der Waals surface area contributed by atoms with Crippen LogP contribution in [0.1, 0.15) is 37.4 Å². The number of hydrogen-bond donors (Lipinski definition) is 1. The maximum absolute atomic E-state index is 12.1. The van der Waals surface area contributed by atoms with Crippen molar-refractivity contribution in [3.63, 3.8) is 0 Å². The van der Waals surface area contributed by atoms with Gasteiger partial charge in [-0.25, -0.2) is 4.98 Å². The van der Waals surface area contributed by atoms with Crippen LogP contribution < -0.4 is 5.56 Å². The highest BCUT2D eigenvalue weighted by atomic mass is 16.1. The third-order valence-electron chi connectivity index (χ3n) is 3.55. The summed E-state index contributed by atoms with van der Waals surface area (Å²) < 4.78 is 1.88. The van der Waals surface area contributed by atoms with E-state index in [0.29, 0.717) is 5.82 Å². The molecule has 2 heterocycles. The van der Waals surface area contributed by atoms with Crippen molar-refractivity contribution in [1.29, 1.82) is 0 Å². The van der Waals surface area contributed by atoms with E-state index in [9.17, 15) is 4.79 Å². The molecule has 0 bridgehead atoms. The summed E-state index contributed by atoms with van der Waals surface area (Å²) in [5, 5.41) is 4.28. The summed E-state index contributed by atoms with van der Waals surface area (Å²) in [5.41, 5.74) is 2.74. The lowest BCUT2D eigenvalue weighted by atomic mass is 9.97. The Hall–Kier alpha value is -1.91. The fraction of sp³-hybridized carbons (Fsp3) is 0.500. The molecule has 1 N–H and O–H groups in total. The van der Waals surface area contributed by atoms with E-state index in [-0.39, 0.29) is 5.56 Å². The minimum absolute atomic E-state index is 0.0166. The molecular weight excluding hydrogens is 240 g/mol. The molecule has 0 radical (unpaired) electrons. The molecule has 0 aromatic carbocycles. The van der Waals surface area contributed by atoms with Crippen LogP contribution in [0.4, 0.5) is 0 Å². The first-order valence-corrected chi connectivity index (χ1v) is 6.93. The number of nitrogens with zero attached hydrogens (tertiary/aromatic N) is 3. The fourth-order valence-electron chi connectivity index (χ4n) is 2.58.